The molecule has 0 rings (SSSR count). The monoisotopic (exact) mass is 1590 g/mol. The second kappa shape index (κ2) is 84.6. The molecule has 0 heterocycles. The Balaban J connectivity index is 4.54. The summed E-state index contributed by atoms with van der Waals surface area (Å²) in [5, 5.41) is 20.7. The lowest BCUT2D eigenvalue weighted by molar-refractivity contribution is -0.161. The maximum absolute atomic E-state index is 13.0. The number of hydrogen-bond donors (Lipinski definition) is 4. The Kier molecular flexibility index (Phi) is 80.9. The fourth-order valence-corrected chi connectivity index (χ4v) is 13.2. The first-order valence-corrected chi connectivity index (χ1v) is 46.8. The number of unbranched alkanes of at least 4 members (excludes halogenated alkanes) is 33. The molecule has 0 saturated heterocycles. The van der Waals surface area contributed by atoms with Gasteiger partial charge >= 0.3 is 33.6 Å². The van der Waals surface area contributed by atoms with E-state index in [1.165, 1.54) is 141 Å². The third-order valence-electron chi connectivity index (χ3n) is 18.2. The maximum Gasteiger partial charge on any atom is 0.472 e. The van der Waals surface area contributed by atoms with Gasteiger partial charge in [-0.1, -0.05) is 346 Å². The SMILES string of the molecule is CC/C=C\C/C=C\C/C=C\C/C=C\C/C=C\CCCCCCCCCCCCCC(=O)OCC(COP(=O)(O)OCC(O)COP(=O)(O)OCC(O)COC(=O)CCCCCCCCCCCCCCCCC/C=C\C/C=C\C/C=C\C/C=C\CCCCC)OC(=O)CCCCCC/C=C\C/C=C\C/C=C\C/C=C\CC. The number of aliphatic hydroxyl groups is 2. The predicted molar refractivity (Wildman–Crippen MR) is 463 cm³/mol. The second-order valence-electron chi connectivity index (χ2n) is 28.9. The molecule has 0 amide bonds. The predicted octanol–water partition coefficient (Wildman–Crippen LogP) is 26.5. The molecule has 0 bridgehead atoms. The molecule has 111 heavy (non-hydrogen) atoms. The Morgan fingerprint density at radius 1 is 0.261 bits per heavy atom. The van der Waals surface area contributed by atoms with Crippen molar-refractivity contribution in [3.63, 3.8) is 0 Å². The van der Waals surface area contributed by atoms with E-state index in [4.69, 9.17) is 32.3 Å². The molecule has 0 aromatic carbocycles. The number of hydrogen-bond acceptors (Lipinski definition) is 14. The molecule has 0 aliphatic carbocycles. The fraction of sp³-hybridized carbons (Fsp3) is 0.688. The topological polar surface area (TPSA) is 231 Å². The van der Waals surface area contributed by atoms with E-state index < -0.39 is 91.5 Å². The Labute approximate surface area is 676 Å². The van der Waals surface area contributed by atoms with Gasteiger partial charge < -0.3 is 34.2 Å². The smallest absolute Gasteiger partial charge is 0.463 e. The van der Waals surface area contributed by atoms with Crippen LogP contribution >= 0.6 is 15.6 Å². The Morgan fingerprint density at radius 3 is 0.757 bits per heavy atom. The van der Waals surface area contributed by atoms with Crippen LogP contribution in [0.2, 0.25) is 0 Å². The molecule has 16 nitrogen and oxygen atoms in total. The van der Waals surface area contributed by atoms with Gasteiger partial charge in [-0.2, -0.15) is 0 Å². The number of phosphoric acid groups is 2. The average Bonchev–Trinajstić information content (AvgIpc) is 0.906. The zero-order chi connectivity index (χ0) is 80.8. The summed E-state index contributed by atoms with van der Waals surface area (Å²) in [6, 6.07) is 0. The highest BCUT2D eigenvalue weighted by atomic mass is 31.2. The van der Waals surface area contributed by atoms with Gasteiger partial charge in [-0.15, -0.1) is 0 Å². The lowest BCUT2D eigenvalue weighted by Gasteiger charge is -2.21. The minimum Gasteiger partial charge on any atom is -0.463 e. The number of carbonyl (C=O) groups is 3. The molecule has 0 aliphatic rings. The van der Waals surface area contributed by atoms with E-state index in [1.54, 1.807) is 0 Å². The van der Waals surface area contributed by atoms with E-state index in [-0.39, 0.29) is 19.3 Å². The van der Waals surface area contributed by atoms with Gasteiger partial charge in [0.25, 0.3) is 0 Å². The van der Waals surface area contributed by atoms with Gasteiger partial charge in [0.05, 0.1) is 26.4 Å². The Morgan fingerprint density at radius 2 is 0.477 bits per heavy atom. The molecule has 0 aromatic heterocycles. The highest BCUT2D eigenvalue weighted by Crippen LogP contribution is 2.45. The highest BCUT2D eigenvalue weighted by Gasteiger charge is 2.29. The van der Waals surface area contributed by atoms with E-state index in [9.17, 15) is 43.5 Å². The third kappa shape index (κ3) is 85.9. The van der Waals surface area contributed by atoms with Crippen LogP contribution in [-0.2, 0) is 55.8 Å². The summed E-state index contributed by atoms with van der Waals surface area (Å²) in [5.74, 6) is -1.60. The molecule has 0 fully saturated rings. The van der Waals surface area contributed by atoms with Crippen LogP contribution in [0.4, 0.5) is 0 Å². The minimum atomic E-state index is -4.95. The largest absolute Gasteiger partial charge is 0.472 e. The van der Waals surface area contributed by atoms with Crippen LogP contribution in [0.25, 0.3) is 0 Å². The van der Waals surface area contributed by atoms with E-state index in [1.807, 2.05) is 0 Å². The number of carbonyl (C=O) groups excluding carboxylic acids is 3. The van der Waals surface area contributed by atoms with Gasteiger partial charge in [-0.05, 0) is 148 Å². The van der Waals surface area contributed by atoms with E-state index in [0.717, 1.165) is 154 Å². The number of esters is 3. The molecule has 5 atom stereocenters. The third-order valence-corrected chi connectivity index (χ3v) is 20.1. The molecule has 18 heteroatoms. The van der Waals surface area contributed by atoms with Crippen molar-refractivity contribution in [2.24, 2.45) is 0 Å². The normalized spacial score (nSPS) is 14.6. The number of rotatable bonds is 82. The van der Waals surface area contributed by atoms with E-state index in [2.05, 4.69) is 179 Å². The lowest BCUT2D eigenvalue weighted by Crippen LogP contribution is -2.30. The highest BCUT2D eigenvalue weighted by molar-refractivity contribution is 7.47. The summed E-state index contributed by atoms with van der Waals surface area (Å²) in [7, 11) is -9.81. The van der Waals surface area contributed by atoms with Gasteiger partial charge in [0.15, 0.2) is 6.10 Å². The van der Waals surface area contributed by atoms with Crippen molar-refractivity contribution in [3.8, 4) is 0 Å². The first-order chi connectivity index (χ1) is 54.2. The summed E-state index contributed by atoms with van der Waals surface area (Å²) in [6.07, 6.45) is 107. The first-order valence-electron chi connectivity index (χ1n) is 43.8. The van der Waals surface area contributed by atoms with Crippen molar-refractivity contribution in [1.29, 1.82) is 0 Å². The number of aliphatic hydroxyl groups excluding tert-OH is 2. The summed E-state index contributed by atoms with van der Waals surface area (Å²) in [4.78, 5) is 58.9. The summed E-state index contributed by atoms with van der Waals surface area (Å²) < 4.78 is 61.3. The van der Waals surface area contributed by atoms with Crippen molar-refractivity contribution < 1.29 is 75.8 Å². The molecule has 0 radical (unpaired) electrons. The van der Waals surface area contributed by atoms with Crippen molar-refractivity contribution in [2.45, 2.75) is 373 Å². The molecule has 636 valence electrons. The molecular weight excluding hydrogens is 1430 g/mol. The number of phosphoric ester groups is 2. The molecule has 4 N–H and O–H groups in total. The van der Waals surface area contributed by atoms with Gasteiger partial charge in [-0.3, -0.25) is 32.5 Å². The van der Waals surface area contributed by atoms with Crippen molar-refractivity contribution in [1.82, 2.24) is 0 Å². The average molecular weight is 1590 g/mol. The molecule has 0 aliphatic heterocycles. The van der Waals surface area contributed by atoms with E-state index >= 15 is 0 Å². The van der Waals surface area contributed by atoms with Crippen LogP contribution in [0.5, 0.6) is 0 Å². The lowest BCUT2D eigenvalue weighted by atomic mass is 10.0. The standard InChI is InChI=1S/C93H158O16P2/c1-4-7-10-13-16-19-22-25-28-31-33-35-37-39-41-42-43-44-46-48-49-51-53-56-58-61-64-67-70-73-76-79-91(96)103-82-88(94)83-105-110(99,100)106-84-89(95)85-107-111(101,102)108-87-90(109-93(98)81-78-75-72-69-66-63-60-55-30-27-24-21-18-15-12-9-6-3)86-104-92(97)80-77-74-71-68-65-62-59-57-54-52-50-47-45-40-38-36-34-32-29-26-23-20-17-14-11-8-5-2/h8-9,11-12,16-21,25-30,33-36,39-41,45,60,63,88-90,94-95H,4-7,10,13-15,22-24,31-32,37-38,42-44,46-59,61-62,64-87H2,1-3H3,(H,99,100)(H,101,102)/b11-8-,12-9-,19-16-,20-17-,21-18-,28-25-,29-26-,30-27-,35-33-,36-34-,41-39-,45-40-,63-60-. The molecule has 0 aromatic rings. The quantitative estimate of drug-likeness (QED) is 0.0146. The zero-order valence-electron chi connectivity index (χ0n) is 69.8. The minimum absolute atomic E-state index is 0.0721. The Bertz CT molecular complexity index is 2650. The number of ether oxygens (including phenoxy) is 3. The van der Waals surface area contributed by atoms with Crippen LogP contribution in [0.1, 0.15) is 355 Å². The molecular formula is C93H158O16P2. The first kappa shape index (κ1) is 106. The van der Waals surface area contributed by atoms with Gasteiger partial charge in [0.1, 0.15) is 25.4 Å². The summed E-state index contributed by atoms with van der Waals surface area (Å²) >= 11 is 0. The van der Waals surface area contributed by atoms with E-state index in [0.29, 0.717) is 19.3 Å². The maximum atomic E-state index is 13.0. The van der Waals surface area contributed by atoms with Gasteiger partial charge in [0, 0.05) is 19.3 Å². The molecule has 0 saturated carbocycles. The van der Waals surface area contributed by atoms with Crippen LogP contribution in [0.15, 0.2) is 158 Å². The van der Waals surface area contributed by atoms with Crippen LogP contribution in [0.3, 0.4) is 0 Å². The number of allylic oxidation sites excluding steroid dienone is 26. The van der Waals surface area contributed by atoms with Gasteiger partial charge in [-0.25, -0.2) is 9.13 Å². The van der Waals surface area contributed by atoms with Crippen molar-refractivity contribution in [2.75, 3.05) is 39.6 Å². The summed E-state index contributed by atoms with van der Waals surface area (Å²) in [5.41, 5.74) is 0. The fourth-order valence-electron chi connectivity index (χ4n) is 11.6. The van der Waals surface area contributed by atoms with Crippen LogP contribution in [-0.4, -0.2) is 95.9 Å². The van der Waals surface area contributed by atoms with Gasteiger partial charge in [0.2, 0.25) is 0 Å². The van der Waals surface area contributed by atoms with Crippen LogP contribution in [0, 0.1) is 0 Å². The van der Waals surface area contributed by atoms with Crippen molar-refractivity contribution in [3.05, 3.63) is 158 Å². The zero-order valence-corrected chi connectivity index (χ0v) is 71.6. The summed E-state index contributed by atoms with van der Waals surface area (Å²) in [6.45, 7) is 2.42. The molecule has 0 spiro atoms. The Hall–Kier alpha value is -4.83. The van der Waals surface area contributed by atoms with Crippen molar-refractivity contribution >= 4 is 33.6 Å². The van der Waals surface area contributed by atoms with Crippen LogP contribution < -0.4 is 0 Å². The second-order valence-corrected chi connectivity index (χ2v) is 31.8. The molecule has 5 unspecified atom stereocenters.